The van der Waals surface area contributed by atoms with Gasteiger partial charge in [0.15, 0.2) is 5.78 Å². The van der Waals surface area contributed by atoms with Crippen molar-refractivity contribution in [3.63, 3.8) is 0 Å². The molecule has 8 heteroatoms. The largest absolute Gasteiger partial charge is 0.395 e. The molecule has 1 unspecified atom stereocenters. The number of methoxy groups -OCH3 is 2. The number of carbonyl (C=O) groups is 3. The summed E-state index contributed by atoms with van der Waals surface area (Å²) in [5, 5.41) is 15.8. The maximum atomic E-state index is 12.9. The zero-order chi connectivity index (χ0) is 25.2. The van der Waals surface area contributed by atoms with Gasteiger partial charge in [0.1, 0.15) is 0 Å². The topological polar surface area (TPSA) is 114 Å². The minimum absolute atomic E-state index is 0.0482. The Labute approximate surface area is 206 Å². The first-order valence-corrected chi connectivity index (χ1v) is 12.0. The summed E-state index contributed by atoms with van der Waals surface area (Å²) < 4.78 is 9.96. The summed E-state index contributed by atoms with van der Waals surface area (Å²) in [5.41, 5.74) is 4.84. The van der Waals surface area contributed by atoms with Crippen molar-refractivity contribution in [3.05, 3.63) is 53.1 Å². The molecular formula is C27H34N2O6. The van der Waals surface area contributed by atoms with Crippen molar-refractivity contribution >= 4 is 23.3 Å². The lowest BCUT2D eigenvalue weighted by Crippen LogP contribution is -2.26. The van der Waals surface area contributed by atoms with E-state index in [4.69, 9.17) is 9.47 Å². The summed E-state index contributed by atoms with van der Waals surface area (Å²) in [6, 6.07) is 11.2. The smallest absolute Gasteiger partial charge is 0.224 e. The maximum Gasteiger partial charge on any atom is 0.224 e. The summed E-state index contributed by atoms with van der Waals surface area (Å²) in [6.07, 6.45) is 1.97. The Morgan fingerprint density at radius 1 is 0.914 bits per heavy atom. The fraction of sp³-hybridized carbons (Fsp3) is 0.444. The number of ether oxygens (including phenoxy) is 2. The minimum atomic E-state index is -0.264. The van der Waals surface area contributed by atoms with Crippen LogP contribution in [-0.2, 0) is 19.1 Å². The number of ketones is 1. The molecule has 0 aliphatic heterocycles. The normalized spacial score (nSPS) is 13.7. The molecule has 0 heterocycles. The van der Waals surface area contributed by atoms with E-state index < -0.39 is 0 Å². The van der Waals surface area contributed by atoms with Gasteiger partial charge in [0, 0.05) is 63.8 Å². The number of rotatable bonds is 14. The van der Waals surface area contributed by atoms with Crippen LogP contribution in [0.4, 0.5) is 5.69 Å². The van der Waals surface area contributed by atoms with Gasteiger partial charge < -0.3 is 25.2 Å². The highest BCUT2D eigenvalue weighted by Crippen LogP contribution is 2.47. The van der Waals surface area contributed by atoms with E-state index in [1.807, 2.05) is 36.4 Å². The molecule has 35 heavy (non-hydrogen) atoms. The Balaban J connectivity index is 1.68. The summed E-state index contributed by atoms with van der Waals surface area (Å²) in [7, 11) is 3.18. The standard InChI is InChI=1S/C27H34N2O6/c1-34-14-5-8-24(31)21-7-3-6-19-23(17-30)22-16-18(11-12-20(22)27(19)21)29-26(33)10-4-9-25(32)28-13-15-35-2/h3,6-7,11-12,16,23,30H,4-5,8-10,13-15,17H2,1-2H3,(H,28,32)(H,29,33). The molecule has 2 aromatic carbocycles. The summed E-state index contributed by atoms with van der Waals surface area (Å²) in [4.78, 5) is 37.1. The molecule has 8 nitrogen and oxygen atoms in total. The Bertz CT molecular complexity index is 1050. The molecule has 0 saturated carbocycles. The van der Waals surface area contributed by atoms with E-state index in [1.54, 1.807) is 14.2 Å². The second-order valence-electron chi connectivity index (χ2n) is 8.57. The van der Waals surface area contributed by atoms with Crippen LogP contribution in [0, 0.1) is 0 Å². The van der Waals surface area contributed by atoms with Gasteiger partial charge in [-0.15, -0.1) is 0 Å². The van der Waals surface area contributed by atoms with Crippen molar-refractivity contribution in [3.8, 4) is 11.1 Å². The van der Waals surface area contributed by atoms with Crippen molar-refractivity contribution in [1.82, 2.24) is 5.32 Å². The van der Waals surface area contributed by atoms with Crippen LogP contribution in [0.5, 0.6) is 0 Å². The van der Waals surface area contributed by atoms with Crippen LogP contribution in [0.1, 0.15) is 59.5 Å². The lowest BCUT2D eigenvalue weighted by Gasteiger charge is -2.12. The number of aliphatic hydroxyl groups is 1. The van der Waals surface area contributed by atoms with Crippen molar-refractivity contribution in [2.24, 2.45) is 0 Å². The zero-order valence-corrected chi connectivity index (χ0v) is 20.4. The third-order valence-electron chi connectivity index (χ3n) is 6.12. The monoisotopic (exact) mass is 482 g/mol. The number of benzene rings is 2. The number of anilines is 1. The molecule has 0 fully saturated rings. The molecule has 188 valence electrons. The van der Waals surface area contributed by atoms with E-state index in [0.29, 0.717) is 50.3 Å². The van der Waals surface area contributed by atoms with Gasteiger partial charge in [0.2, 0.25) is 11.8 Å². The summed E-state index contributed by atoms with van der Waals surface area (Å²) in [5.74, 6) is -0.505. The number of hydrogen-bond donors (Lipinski definition) is 3. The van der Waals surface area contributed by atoms with Crippen LogP contribution in [-0.4, -0.2) is 63.3 Å². The number of amides is 2. The number of nitrogens with one attached hydrogen (secondary N) is 2. The van der Waals surface area contributed by atoms with Crippen LogP contribution < -0.4 is 10.6 Å². The first kappa shape index (κ1) is 26.5. The minimum Gasteiger partial charge on any atom is -0.395 e. The highest BCUT2D eigenvalue weighted by molar-refractivity contribution is 6.05. The first-order valence-electron chi connectivity index (χ1n) is 12.0. The average molecular weight is 483 g/mol. The predicted octanol–water partition coefficient (Wildman–Crippen LogP) is 3.27. The van der Waals surface area contributed by atoms with E-state index >= 15 is 0 Å². The fourth-order valence-electron chi connectivity index (χ4n) is 4.44. The van der Waals surface area contributed by atoms with Crippen LogP contribution in [0.15, 0.2) is 36.4 Å². The van der Waals surface area contributed by atoms with E-state index in [0.717, 1.165) is 22.3 Å². The van der Waals surface area contributed by atoms with E-state index in [-0.39, 0.29) is 43.0 Å². The number of fused-ring (bicyclic) bond motifs is 3. The Morgan fingerprint density at radius 2 is 1.69 bits per heavy atom. The quantitative estimate of drug-likeness (QED) is 0.281. The Hall–Kier alpha value is -3.07. The SMILES string of the molecule is COCCCC(=O)c1cccc2c1-c1ccc(NC(=O)CCCC(=O)NCCOC)cc1C2CO. The molecule has 1 aliphatic rings. The predicted molar refractivity (Wildman–Crippen MR) is 134 cm³/mol. The molecule has 0 bridgehead atoms. The average Bonchev–Trinajstić information content (AvgIpc) is 3.17. The van der Waals surface area contributed by atoms with Crippen LogP contribution in [0.25, 0.3) is 11.1 Å². The molecule has 0 radical (unpaired) electrons. The van der Waals surface area contributed by atoms with Gasteiger partial charge in [-0.1, -0.05) is 24.3 Å². The van der Waals surface area contributed by atoms with Crippen LogP contribution in [0.3, 0.4) is 0 Å². The third-order valence-corrected chi connectivity index (χ3v) is 6.12. The molecule has 2 amide bonds. The highest BCUT2D eigenvalue weighted by Gasteiger charge is 2.31. The molecule has 3 rings (SSSR count). The van der Waals surface area contributed by atoms with Crippen molar-refractivity contribution in [2.45, 2.75) is 38.0 Å². The second kappa shape index (κ2) is 13.1. The molecule has 1 atom stereocenters. The zero-order valence-electron chi connectivity index (χ0n) is 20.4. The first-order chi connectivity index (χ1) is 17.0. The Kier molecular flexibility index (Phi) is 9.96. The lowest BCUT2D eigenvalue weighted by atomic mass is 9.93. The third kappa shape index (κ3) is 6.75. The Morgan fingerprint density at radius 3 is 2.43 bits per heavy atom. The van der Waals surface area contributed by atoms with Gasteiger partial charge in [0.25, 0.3) is 0 Å². The van der Waals surface area contributed by atoms with E-state index in [9.17, 15) is 19.5 Å². The van der Waals surface area contributed by atoms with Gasteiger partial charge in [0.05, 0.1) is 13.2 Å². The molecule has 0 spiro atoms. The van der Waals surface area contributed by atoms with Gasteiger partial charge in [-0.2, -0.15) is 0 Å². The highest BCUT2D eigenvalue weighted by atomic mass is 16.5. The summed E-state index contributed by atoms with van der Waals surface area (Å²) >= 11 is 0. The van der Waals surface area contributed by atoms with Gasteiger partial charge >= 0.3 is 0 Å². The van der Waals surface area contributed by atoms with Gasteiger partial charge in [-0.05, 0) is 47.2 Å². The van der Waals surface area contributed by atoms with E-state index in [1.165, 1.54) is 0 Å². The van der Waals surface area contributed by atoms with Crippen LogP contribution in [0.2, 0.25) is 0 Å². The molecule has 0 aromatic heterocycles. The van der Waals surface area contributed by atoms with Crippen molar-refractivity contribution in [1.29, 1.82) is 0 Å². The maximum absolute atomic E-state index is 12.9. The fourth-order valence-corrected chi connectivity index (χ4v) is 4.44. The molecular weight excluding hydrogens is 448 g/mol. The van der Waals surface area contributed by atoms with Gasteiger partial charge in [-0.3, -0.25) is 14.4 Å². The number of Topliss-reactive ketones (excluding diaryl/α,β-unsaturated/α-hetero) is 1. The van der Waals surface area contributed by atoms with E-state index in [2.05, 4.69) is 10.6 Å². The lowest BCUT2D eigenvalue weighted by molar-refractivity contribution is -0.121. The molecule has 0 saturated heterocycles. The van der Waals surface area contributed by atoms with Crippen molar-refractivity contribution in [2.75, 3.05) is 45.9 Å². The molecule has 1 aliphatic carbocycles. The van der Waals surface area contributed by atoms with Gasteiger partial charge in [-0.25, -0.2) is 0 Å². The van der Waals surface area contributed by atoms with Crippen LogP contribution >= 0.6 is 0 Å². The summed E-state index contributed by atoms with van der Waals surface area (Å²) in [6.45, 7) is 1.33. The number of aliphatic hydroxyl groups excluding tert-OH is 1. The second-order valence-corrected chi connectivity index (χ2v) is 8.57. The number of hydrogen-bond acceptors (Lipinski definition) is 6. The molecule has 3 N–H and O–H groups in total. The number of carbonyl (C=O) groups excluding carboxylic acids is 3. The van der Waals surface area contributed by atoms with Crippen molar-refractivity contribution < 1.29 is 29.0 Å². The molecule has 2 aromatic rings.